The van der Waals surface area contributed by atoms with E-state index >= 15 is 0 Å². The van der Waals surface area contributed by atoms with Crippen LogP contribution in [-0.4, -0.2) is 29.8 Å². The Morgan fingerprint density at radius 2 is 1.94 bits per heavy atom. The Bertz CT molecular complexity index is 444. The van der Waals surface area contributed by atoms with Crippen molar-refractivity contribution in [2.45, 2.75) is 13.2 Å². The van der Waals surface area contributed by atoms with Crippen molar-refractivity contribution in [3.05, 3.63) is 35.4 Å². The van der Waals surface area contributed by atoms with Crippen LogP contribution in [0.3, 0.4) is 0 Å². The van der Waals surface area contributed by atoms with Crippen LogP contribution >= 0.6 is 0 Å². The first-order chi connectivity index (χ1) is 8.47. The zero-order valence-corrected chi connectivity index (χ0v) is 9.44. The predicted octanol–water partition coefficient (Wildman–Crippen LogP) is 0.576. The van der Waals surface area contributed by atoms with Gasteiger partial charge in [0.05, 0.1) is 6.61 Å². The van der Waals surface area contributed by atoms with Crippen LogP contribution in [0.15, 0.2) is 18.2 Å². The van der Waals surface area contributed by atoms with Crippen LogP contribution in [-0.2, 0) is 9.53 Å². The van der Waals surface area contributed by atoms with E-state index in [-0.39, 0.29) is 6.61 Å². The van der Waals surface area contributed by atoms with Gasteiger partial charge in [0.1, 0.15) is 17.2 Å². The molecule has 0 aliphatic rings. The first kappa shape index (κ1) is 14.0. The quantitative estimate of drug-likeness (QED) is 0.612. The number of rotatable bonds is 4. The molecule has 0 aliphatic carbocycles. The molecular weight excluding hydrogens is 248 g/mol. The Morgan fingerprint density at radius 1 is 1.39 bits per heavy atom. The second-order valence-electron chi connectivity index (χ2n) is 3.22. The Kier molecular flexibility index (Phi) is 4.73. The number of esters is 1. The fraction of sp³-hybridized carbons (Fsp3) is 0.273. The highest BCUT2D eigenvalue weighted by Crippen LogP contribution is 2.11. The van der Waals surface area contributed by atoms with Crippen LogP contribution in [0.1, 0.15) is 17.3 Å². The second-order valence-corrected chi connectivity index (χ2v) is 3.22. The van der Waals surface area contributed by atoms with Crippen molar-refractivity contribution in [1.82, 2.24) is 5.32 Å². The molecule has 0 fully saturated rings. The van der Waals surface area contributed by atoms with Gasteiger partial charge in [-0.25, -0.2) is 13.6 Å². The van der Waals surface area contributed by atoms with E-state index in [0.717, 1.165) is 18.2 Å². The molecule has 0 aromatic heterocycles. The number of ether oxygens (including phenoxy) is 1. The molecule has 0 bridgehead atoms. The van der Waals surface area contributed by atoms with Crippen LogP contribution in [0, 0.1) is 11.6 Å². The minimum atomic E-state index is -1.98. The molecule has 1 aromatic carbocycles. The zero-order chi connectivity index (χ0) is 13.7. The van der Waals surface area contributed by atoms with Crippen molar-refractivity contribution in [3.63, 3.8) is 0 Å². The lowest BCUT2D eigenvalue weighted by Gasteiger charge is -2.12. The highest BCUT2D eigenvalue weighted by Gasteiger charge is 2.23. The highest BCUT2D eigenvalue weighted by atomic mass is 19.1. The van der Waals surface area contributed by atoms with Gasteiger partial charge in [-0.2, -0.15) is 0 Å². The number of halogens is 2. The Hall–Kier alpha value is -2.02. The molecule has 0 saturated carbocycles. The molecule has 0 radical (unpaired) electrons. The summed E-state index contributed by atoms with van der Waals surface area (Å²) >= 11 is 0. The number of amides is 1. The molecule has 1 atom stereocenters. The summed E-state index contributed by atoms with van der Waals surface area (Å²) in [5.74, 6) is -4.54. The van der Waals surface area contributed by atoms with E-state index in [4.69, 9.17) is 0 Å². The molecule has 1 aromatic rings. The summed E-state index contributed by atoms with van der Waals surface area (Å²) in [6.07, 6.45) is -1.98. The number of carbonyl (C=O) groups excluding carboxylic acids is 2. The van der Waals surface area contributed by atoms with Crippen LogP contribution in [0.2, 0.25) is 0 Å². The monoisotopic (exact) mass is 259 g/mol. The maximum absolute atomic E-state index is 13.2. The Morgan fingerprint density at radius 3 is 2.44 bits per heavy atom. The fourth-order valence-electron chi connectivity index (χ4n) is 1.19. The number of benzene rings is 1. The van der Waals surface area contributed by atoms with Crippen molar-refractivity contribution in [3.8, 4) is 0 Å². The summed E-state index contributed by atoms with van der Waals surface area (Å²) in [5, 5.41) is 10.9. The molecule has 0 heterocycles. The number of hydrogen-bond acceptors (Lipinski definition) is 4. The lowest BCUT2D eigenvalue weighted by Crippen LogP contribution is -2.42. The molecule has 5 nitrogen and oxygen atoms in total. The summed E-state index contributed by atoms with van der Waals surface area (Å²) in [7, 11) is 0. The second kappa shape index (κ2) is 6.06. The van der Waals surface area contributed by atoms with Crippen molar-refractivity contribution < 1.29 is 28.2 Å². The fourth-order valence-corrected chi connectivity index (χ4v) is 1.19. The van der Waals surface area contributed by atoms with Gasteiger partial charge in [-0.1, -0.05) is 6.07 Å². The van der Waals surface area contributed by atoms with E-state index in [0.29, 0.717) is 0 Å². The minimum absolute atomic E-state index is 0.000176. The maximum Gasteiger partial charge on any atom is 0.356 e. The van der Waals surface area contributed by atoms with Crippen molar-refractivity contribution in [2.75, 3.05) is 6.61 Å². The molecule has 98 valence electrons. The third-order valence-electron chi connectivity index (χ3n) is 1.97. The summed E-state index contributed by atoms with van der Waals surface area (Å²) in [6.45, 7) is 1.50. The standard InChI is InChI=1S/C11H11F2NO4/c1-2-18-11(17)10(16)14-9(15)8-6(12)4-3-5-7(8)13/h3-5,10,16H,2H2,1H3,(H,14,15). The third-order valence-corrected chi connectivity index (χ3v) is 1.97. The average molecular weight is 259 g/mol. The van der Waals surface area contributed by atoms with Gasteiger partial charge < -0.3 is 15.2 Å². The molecular formula is C11H11F2NO4. The molecule has 2 N–H and O–H groups in total. The van der Waals surface area contributed by atoms with Crippen LogP contribution in [0.4, 0.5) is 8.78 Å². The van der Waals surface area contributed by atoms with Crippen LogP contribution < -0.4 is 5.32 Å². The Labute approximate surface area is 101 Å². The number of nitrogens with one attached hydrogen (secondary N) is 1. The molecule has 7 heteroatoms. The lowest BCUT2D eigenvalue weighted by molar-refractivity contribution is -0.154. The van der Waals surface area contributed by atoms with Crippen molar-refractivity contribution in [1.29, 1.82) is 0 Å². The van der Waals surface area contributed by atoms with Gasteiger partial charge in [-0.05, 0) is 19.1 Å². The van der Waals surface area contributed by atoms with E-state index < -0.39 is 35.3 Å². The smallest absolute Gasteiger partial charge is 0.356 e. The Balaban J connectivity index is 2.80. The summed E-state index contributed by atoms with van der Waals surface area (Å²) in [6, 6.07) is 2.85. The zero-order valence-electron chi connectivity index (χ0n) is 9.44. The van der Waals surface area contributed by atoms with Gasteiger partial charge in [-0.15, -0.1) is 0 Å². The highest BCUT2D eigenvalue weighted by molar-refractivity contribution is 5.96. The molecule has 0 spiro atoms. The van der Waals surface area contributed by atoms with Gasteiger partial charge >= 0.3 is 5.97 Å². The van der Waals surface area contributed by atoms with E-state index in [9.17, 15) is 23.5 Å². The van der Waals surface area contributed by atoms with Gasteiger partial charge in [0.15, 0.2) is 0 Å². The molecule has 18 heavy (non-hydrogen) atoms. The van der Waals surface area contributed by atoms with Crippen molar-refractivity contribution in [2.24, 2.45) is 0 Å². The van der Waals surface area contributed by atoms with E-state index in [1.54, 1.807) is 5.32 Å². The topological polar surface area (TPSA) is 75.6 Å². The van der Waals surface area contributed by atoms with Crippen LogP contribution in [0.5, 0.6) is 0 Å². The molecule has 1 rings (SSSR count). The van der Waals surface area contributed by atoms with Crippen molar-refractivity contribution >= 4 is 11.9 Å². The third kappa shape index (κ3) is 3.24. The van der Waals surface area contributed by atoms with E-state index in [2.05, 4.69) is 4.74 Å². The lowest BCUT2D eigenvalue weighted by atomic mass is 10.2. The van der Waals surface area contributed by atoms with Crippen LogP contribution in [0.25, 0.3) is 0 Å². The molecule has 0 saturated heterocycles. The largest absolute Gasteiger partial charge is 0.463 e. The number of carbonyl (C=O) groups is 2. The number of aliphatic hydroxyl groups excluding tert-OH is 1. The molecule has 1 unspecified atom stereocenters. The van der Waals surface area contributed by atoms with E-state index in [1.807, 2.05) is 0 Å². The maximum atomic E-state index is 13.2. The van der Waals surface area contributed by atoms with Gasteiger partial charge in [0.2, 0.25) is 6.23 Å². The first-order valence-electron chi connectivity index (χ1n) is 5.07. The SMILES string of the molecule is CCOC(=O)C(O)NC(=O)c1c(F)cccc1F. The normalized spacial score (nSPS) is 11.8. The number of hydrogen-bond donors (Lipinski definition) is 2. The summed E-state index contributed by atoms with van der Waals surface area (Å²) in [5.41, 5.74) is -0.874. The first-order valence-corrected chi connectivity index (χ1v) is 5.07. The van der Waals surface area contributed by atoms with Gasteiger partial charge in [0.25, 0.3) is 5.91 Å². The predicted molar refractivity (Wildman–Crippen MR) is 56.5 cm³/mol. The average Bonchev–Trinajstić information content (AvgIpc) is 2.28. The van der Waals surface area contributed by atoms with Gasteiger partial charge in [0, 0.05) is 0 Å². The molecule has 0 aliphatic heterocycles. The summed E-state index contributed by atoms with van der Waals surface area (Å²) in [4.78, 5) is 22.5. The van der Waals surface area contributed by atoms with Gasteiger partial charge in [-0.3, -0.25) is 4.79 Å². The van der Waals surface area contributed by atoms with E-state index in [1.165, 1.54) is 6.92 Å². The minimum Gasteiger partial charge on any atom is -0.463 e. The molecule has 1 amide bonds. The number of aliphatic hydroxyl groups is 1. The summed E-state index contributed by atoms with van der Waals surface area (Å²) < 4.78 is 30.8.